The third-order valence-electron chi connectivity index (χ3n) is 6.50. The molecule has 0 N–H and O–H groups in total. The Labute approximate surface area is 189 Å². The average Bonchev–Trinajstić information content (AvgIpc) is 3.01. The van der Waals surface area contributed by atoms with Gasteiger partial charge in [-0.1, -0.05) is 39.0 Å². The molecule has 4 rings (SSSR count). The van der Waals surface area contributed by atoms with Crippen LogP contribution in [0.25, 0.3) is 0 Å². The Hall–Kier alpha value is -2.69. The van der Waals surface area contributed by atoms with Gasteiger partial charge in [0.2, 0.25) is 10.0 Å². The number of hydrogen-bond acceptors (Lipinski definition) is 5. The molecule has 168 valence electrons. The maximum Gasteiger partial charge on any atom is 0.338 e. The van der Waals surface area contributed by atoms with Crippen LogP contribution < -0.4 is 0 Å². The Bertz CT molecular complexity index is 1180. The van der Waals surface area contributed by atoms with E-state index in [1.165, 1.54) is 6.07 Å². The molecule has 0 unspecified atom stereocenters. The second-order valence-corrected chi connectivity index (χ2v) is 12.1. The molecule has 0 spiro atoms. The lowest BCUT2D eigenvalue weighted by Gasteiger charge is -2.39. The molecule has 7 heteroatoms. The molecule has 2 atom stereocenters. The lowest BCUT2D eigenvalue weighted by atomic mass is 9.65. The van der Waals surface area contributed by atoms with Crippen LogP contribution in [0.1, 0.15) is 61.5 Å². The van der Waals surface area contributed by atoms with E-state index in [4.69, 9.17) is 10.00 Å². The van der Waals surface area contributed by atoms with Crippen molar-refractivity contribution in [1.82, 2.24) is 4.31 Å². The SMILES string of the molecule is CC1(C)C[C@@H]2C[C@](C)(CN2S(=O)(=O)c2cccc(C(=O)OCc3ccc(C#N)cc3)c2)C1. The van der Waals surface area contributed by atoms with E-state index in [9.17, 15) is 13.2 Å². The number of sulfonamides is 1. The van der Waals surface area contributed by atoms with Crippen LogP contribution >= 0.6 is 0 Å². The van der Waals surface area contributed by atoms with E-state index >= 15 is 0 Å². The number of hydrogen-bond donors (Lipinski definition) is 0. The lowest BCUT2D eigenvalue weighted by molar-refractivity contribution is 0.0472. The summed E-state index contributed by atoms with van der Waals surface area (Å²) >= 11 is 0. The Morgan fingerprint density at radius 1 is 1.16 bits per heavy atom. The summed E-state index contributed by atoms with van der Waals surface area (Å²) in [6, 6.07) is 14.9. The van der Waals surface area contributed by atoms with Crippen molar-refractivity contribution in [2.24, 2.45) is 10.8 Å². The maximum absolute atomic E-state index is 13.5. The van der Waals surface area contributed by atoms with Crippen LogP contribution in [0.4, 0.5) is 0 Å². The number of ether oxygens (including phenoxy) is 1. The van der Waals surface area contributed by atoms with Crippen LogP contribution in [0, 0.1) is 22.2 Å². The van der Waals surface area contributed by atoms with Gasteiger partial charge in [-0.15, -0.1) is 0 Å². The summed E-state index contributed by atoms with van der Waals surface area (Å²) in [4.78, 5) is 12.7. The molecular weight excluding hydrogens is 424 g/mol. The molecule has 1 aliphatic carbocycles. The summed E-state index contributed by atoms with van der Waals surface area (Å²) in [7, 11) is -3.72. The molecule has 1 saturated heterocycles. The Morgan fingerprint density at radius 3 is 2.56 bits per heavy atom. The minimum absolute atomic E-state index is 0.0132. The number of carbonyl (C=O) groups is 1. The molecule has 6 nitrogen and oxygen atoms in total. The number of esters is 1. The van der Waals surface area contributed by atoms with Gasteiger partial charge in [-0.3, -0.25) is 0 Å². The molecule has 1 saturated carbocycles. The fourth-order valence-corrected chi connectivity index (χ4v) is 7.34. The van der Waals surface area contributed by atoms with Gasteiger partial charge in [-0.05, 0) is 66.0 Å². The summed E-state index contributed by atoms with van der Waals surface area (Å²) in [6.07, 6.45) is 2.72. The molecule has 2 aromatic carbocycles. The van der Waals surface area contributed by atoms with Crippen molar-refractivity contribution in [2.75, 3.05) is 6.54 Å². The van der Waals surface area contributed by atoms with E-state index < -0.39 is 16.0 Å². The second-order valence-electron chi connectivity index (χ2n) is 10.2. The van der Waals surface area contributed by atoms with Gasteiger partial charge in [-0.2, -0.15) is 9.57 Å². The second kappa shape index (κ2) is 8.02. The van der Waals surface area contributed by atoms with Crippen LogP contribution in [0.3, 0.4) is 0 Å². The highest BCUT2D eigenvalue weighted by Gasteiger charge is 2.53. The van der Waals surface area contributed by atoms with Crippen LogP contribution in [0.15, 0.2) is 53.4 Å². The molecule has 2 aliphatic rings. The number of benzene rings is 2. The van der Waals surface area contributed by atoms with E-state index in [0.29, 0.717) is 12.1 Å². The molecule has 0 aromatic heterocycles. The molecular formula is C25H28N2O4S. The molecule has 32 heavy (non-hydrogen) atoms. The first kappa shape index (κ1) is 22.5. The van der Waals surface area contributed by atoms with Gasteiger partial charge in [0.25, 0.3) is 0 Å². The first-order valence-corrected chi connectivity index (χ1v) is 12.2. The molecule has 2 bridgehead atoms. The van der Waals surface area contributed by atoms with E-state index in [1.807, 2.05) is 6.07 Å². The summed E-state index contributed by atoms with van der Waals surface area (Å²) < 4.78 is 34.0. The average molecular weight is 453 g/mol. The topological polar surface area (TPSA) is 87.5 Å². The fourth-order valence-electron chi connectivity index (χ4n) is 5.52. The molecule has 2 fully saturated rings. The lowest BCUT2D eigenvalue weighted by Crippen LogP contribution is -2.37. The Morgan fingerprint density at radius 2 is 1.88 bits per heavy atom. The van der Waals surface area contributed by atoms with Gasteiger partial charge < -0.3 is 4.74 Å². The van der Waals surface area contributed by atoms with Crippen molar-refractivity contribution in [2.45, 2.75) is 57.6 Å². The Balaban J connectivity index is 1.50. The van der Waals surface area contributed by atoms with Gasteiger partial charge in [-0.25, -0.2) is 13.2 Å². The summed E-state index contributed by atoms with van der Waals surface area (Å²) in [5.74, 6) is -0.584. The molecule has 0 amide bonds. The van der Waals surface area contributed by atoms with E-state index in [0.717, 1.165) is 24.8 Å². The van der Waals surface area contributed by atoms with Gasteiger partial charge in [0.1, 0.15) is 6.61 Å². The normalized spacial score (nSPS) is 24.6. The van der Waals surface area contributed by atoms with E-state index in [2.05, 4.69) is 20.8 Å². The van der Waals surface area contributed by atoms with Crippen LogP contribution in [0.5, 0.6) is 0 Å². The zero-order valence-corrected chi connectivity index (χ0v) is 19.5. The standard InChI is InChI=1S/C25H28N2O4S/c1-24(2)12-21-13-25(3,16-24)17-27(21)32(29,30)22-6-4-5-20(11-22)23(28)31-15-19-9-7-18(14-26)8-10-19/h4-11,21H,12-13,15-17H2,1-3H3/t21-,25+/m1/s1. The maximum atomic E-state index is 13.5. The molecule has 1 aliphatic heterocycles. The number of rotatable bonds is 5. The zero-order chi connectivity index (χ0) is 23.1. The molecule has 1 heterocycles. The first-order valence-electron chi connectivity index (χ1n) is 10.8. The summed E-state index contributed by atoms with van der Waals surface area (Å²) in [6.45, 7) is 7.14. The van der Waals surface area contributed by atoms with Gasteiger partial charge in [0, 0.05) is 12.6 Å². The van der Waals surface area contributed by atoms with Crippen molar-refractivity contribution in [3.05, 3.63) is 65.2 Å². The monoisotopic (exact) mass is 452 g/mol. The predicted molar refractivity (Wildman–Crippen MR) is 120 cm³/mol. The van der Waals surface area contributed by atoms with Crippen molar-refractivity contribution < 1.29 is 17.9 Å². The highest BCUT2D eigenvalue weighted by Crippen LogP contribution is 2.53. The van der Waals surface area contributed by atoms with Gasteiger partial charge in [0.05, 0.1) is 22.1 Å². The van der Waals surface area contributed by atoms with E-state index in [1.54, 1.807) is 46.8 Å². The third kappa shape index (κ3) is 4.43. The predicted octanol–water partition coefficient (Wildman–Crippen LogP) is 4.50. The minimum atomic E-state index is -3.72. The highest BCUT2D eigenvalue weighted by atomic mass is 32.2. The number of nitrogens with zero attached hydrogens (tertiary/aromatic N) is 2. The largest absolute Gasteiger partial charge is 0.457 e. The highest BCUT2D eigenvalue weighted by molar-refractivity contribution is 7.89. The van der Waals surface area contributed by atoms with Crippen LogP contribution in [-0.2, 0) is 21.4 Å². The quantitative estimate of drug-likeness (QED) is 0.623. The van der Waals surface area contributed by atoms with Crippen LogP contribution in [-0.4, -0.2) is 31.3 Å². The van der Waals surface area contributed by atoms with Crippen LogP contribution in [0.2, 0.25) is 0 Å². The van der Waals surface area contributed by atoms with Crippen molar-refractivity contribution >= 4 is 16.0 Å². The molecule has 0 radical (unpaired) electrons. The van der Waals surface area contributed by atoms with Gasteiger partial charge >= 0.3 is 5.97 Å². The number of nitriles is 1. The van der Waals surface area contributed by atoms with Crippen molar-refractivity contribution in [3.63, 3.8) is 0 Å². The summed E-state index contributed by atoms with van der Waals surface area (Å²) in [5, 5.41) is 8.87. The minimum Gasteiger partial charge on any atom is -0.457 e. The fraction of sp³-hybridized carbons (Fsp3) is 0.440. The number of fused-ring (bicyclic) bond motifs is 2. The zero-order valence-electron chi connectivity index (χ0n) is 18.7. The van der Waals surface area contributed by atoms with Gasteiger partial charge in [0.15, 0.2) is 0 Å². The number of carbonyl (C=O) groups excluding carboxylic acids is 1. The molecule has 2 aromatic rings. The van der Waals surface area contributed by atoms with E-state index in [-0.39, 0.29) is 33.9 Å². The summed E-state index contributed by atoms with van der Waals surface area (Å²) in [5.41, 5.74) is 1.58. The first-order chi connectivity index (χ1) is 15.0. The Kier molecular flexibility index (Phi) is 5.64. The van der Waals surface area contributed by atoms with Crippen molar-refractivity contribution in [1.29, 1.82) is 5.26 Å². The smallest absolute Gasteiger partial charge is 0.338 e. The third-order valence-corrected chi connectivity index (χ3v) is 8.39. The van der Waals surface area contributed by atoms with Crippen molar-refractivity contribution in [3.8, 4) is 6.07 Å².